The van der Waals surface area contributed by atoms with Crippen LogP contribution in [-0.2, 0) is 6.42 Å². The third-order valence-electron chi connectivity index (χ3n) is 6.02. The first-order valence-electron chi connectivity index (χ1n) is 9.07. The topological polar surface area (TPSA) is 58.1 Å². The predicted molar refractivity (Wildman–Crippen MR) is 93.3 cm³/mol. The predicted octanol–water partition coefficient (Wildman–Crippen LogP) is 2.51. The summed E-state index contributed by atoms with van der Waals surface area (Å²) >= 11 is 0. The normalized spacial score (nSPS) is 28.2. The highest BCUT2D eigenvalue weighted by Crippen LogP contribution is 2.35. The third-order valence-corrected chi connectivity index (χ3v) is 6.02. The minimum Gasteiger partial charge on any atom is -0.362 e. The number of piperidine rings is 3. The summed E-state index contributed by atoms with van der Waals surface area (Å²) in [4.78, 5) is 24.1. The van der Waals surface area contributed by atoms with Crippen molar-refractivity contribution in [3.8, 4) is 0 Å². The lowest BCUT2D eigenvalue weighted by Crippen LogP contribution is -2.47. The third kappa shape index (κ3) is 2.30. The van der Waals surface area contributed by atoms with Crippen LogP contribution in [0.1, 0.15) is 35.4 Å². The van der Waals surface area contributed by atoms with E-state index in [1.165, 1.54) is 38.9 Å². The number of nitrogens with one attached hydrogen (secondary N) is 1. The quantitative estimate of drug-likeness (QED) is 0.941. The van der Waals surface area contributed by atoms with Crippen LogP contribution in [0.2, 0.25) is 0 Å². The number of anilines is 1. The molecular weight excluding hydrogens is 300 g/mol. The molecule has 0 saturated carbocycles. The van der Waals surface area contributed by atoms with E-state index in [9.17, 15) is 4.79 Å². The number of carbonyl (C=O) groups excluding carboxylic acids is 1. The number of carbonyl (C=O) groups is 1. The Morgan fingerprint density at radius 3 is 2.88 bits per heavy atom. The zero-order chi connectivity index (χ0) is 16.1. The number of aryl methyl sites for hydroxylation is 1. The van der Waals surface area contributed by atoms with Crippen LogP contribution in [0.4, 0.5) is 5.82 Å². The molecule has 0 spiro atoms. The zero-order valence-corrected chi connectivity index (χ0v) is 13.8. The summed E-state index contributed by atoms with van der Waals surface area (Å²) in [6.07, 6.45) is 4.82. The number of Topliss-reactive ketones (excluding diaryl/α,β-unsaturated/α-hetero) is 1. The van der Waals surface area contributed by atoms with Crippen LogP contribution in [0.3, 0.4) is 0 Å². The maximum atomic E-state index is 12.0. The maximum Gasteiger partial charge on any atom is 0.182 e. The highest BCUT2D eigenvalue weighted by Gasteiger charge is 2.33. The number of rotatable bonds is 3. The van der Waals surface area contributed by atoms with Gasteiger partial charge in [-0.05, 0) is 50.3 Å². The average Bonchev–Trinajstić information content (AvgIpc) is 2.64. The van der Waals surface area contributed by atoms with E-state index in [-0.39, 0.29) is 5.78 Å². The number of ketones is 1. The molecule has 0 aliphatic carbocycles. The fourth-order valence-corrected chi connectivity index (χ4v) is 4.69. The second kappa shape index (κ2) is 5.52. The highest BCUT2D eigenvalue weighted by atomic mass is 16.1. The second-order valence-electron chi connectivity index (χ2n) is 7.40. The smallest absolute Gasteiger partial charge is 0.182 e. The van der Waals surface area contributed by atoms with Crippen molar-refractivity contribution in [1.82, 2.24) is 14.9 Å². The number of benzene rings is 1. The Morgan fingerprint density at radius 1 is 1.21 bits per heavy atom. The van der Waals surface area contributed by atoms with Crippen molar-refractivity contribution < 1.29 is 4.79 Å². The largest absolute Gasteiger partial charge is 0.362 e. The average molecular weight is 322 g/mol. The lowest BCUT2D eigenvalue weighted by Gasteiger charge is -2.45. The van der Waals surface area contributed by atoms with E-state index < -0.39 is 0 Å². The van der Waals surface area contributed by atoms with E-state index in [0.29, 0.717) is 6.54 Å². The molecular formula is C19H22N4O. The summed E-state index contributed by atoms with van der Waals surface area (Å²) in [6, 6.07) is 5.79. The first kappa shape index (κ1) is 14.3. The second-order valence-corrected chi connectivity index (χ2v) is 7.40. The minimum atomic E-state index is 0.122. The van der Waals surface area contributed by atoms with E-state index in [0.717, 1.165) is 46.4 Å². The Morgan fingerprint density at radius 2 is 2.08 bits per heavy atom. The number of fused-ring (bicyclic) bond motifs is 3. The summed E-state index contributed by atoms with van der Waals surface area (Å²) in [6.45, 7) is 4.17. The highest BCUT2D eigenvalue weighted by molar-refractivity contribution is 6.15. The molecule has 0 radical (unpaired) electrons. The van der Waals surface area contributed by atoms with E-state index in [1.807, 2.05) is 18.2 Å². The molecule has 5 heterocycles. The van der Waals surface area contributed by atoms with Crippen LogP contribution in [-0.4, -0.2) is 46.8 Å². The molecule has 2 aromatic rings. The first-order chi connectivity index (χ1) is 11.8. The molecule has 6 rings (SSSR count). The van der Waals surface area contributed by atoms with Crippen LogP contribution in [0.25, 0.3) is 10.9 Å². The van der Waals surface area contributed by atoms with Crippen LogP contribution < -0.4 is 5.32 Å². The SMILES string of the molecule is O=C1CNc2nc(CCC3CN4CCC3CC4)nc3cccc1c23. The number of hydrogen-bond donors (Lipinski definition) is 1. The van der Waals surface area contributed by atoms with Gasteiger partial charge in [-0.25, -0.2) is 9.97 Å². The molecule has 2 bridgehead atoms. The molecule has 1 unspecified atom stereocenters. The Labute approximate surface area is 141 Å². The summed E-state index contributed by atoms with van der Waals surface area (Å²) in [5, 5.41) is 4.06. The summed E-state index contributed by atoms with van der Waals surface area (Å²) in [5.41, 5.74) is 1.65. The monoisotopic (exact) mass is 322 g/mol. The summed E-state index contributed by atoms with van der Waals surface area (Å²) in [5.74, 6) is 3.56. The van der Waals surface area contributed by atoms with Crippen LogP contribution in [0, 0.1) is 11.8 Å². The lowest BCUT2D eigenvalue weighted by atomic mass is 9.77. The maximum absolute atomic E-state index is 12.0. The van der Waals surface area contributed by atoms with E-state index in [2.05, 4.69) is 10.2 Å². The van der Waals surface area contributed by atoms with Gasteiger partial charge in [-0.1, -0.05) is 12.1 Å². The van der Waals surface area contributed by atoms with Gasteiger partial charge in [0.25, 0.3) is 0 Å². The number of aromatic nitrogens is 2. The summed E-state index contributed by atoms with van der Waals surface area (Å²) in [7, 11) is 0. The fraction of sp³-hybridized carbons (Fsp3) is 0.526. The van der Waals surface area contributed by atoms with Crippen LogP contribution in [0.5, 0.6) is 0 Å². The van der Waals surface area contributed by atoms with E-state index in [1.54, 1.807) is 0 Å². The van der Waals surface area contributed by atoms with Crippen molar-refractivity contribution in [2.45, 2.75) is 25.7 Å². The van der Waals surface area contributed by atoms with Gasteiger partial charge in [0.2, 0.25) is 0 Å². The fourth-order valence-electron chi connectivity index (χ4n) is 4.69. The Hall–Kier alpha value is -2.01. The Kier molecular flexibility index (Phi) is 3.30. The Balaban J connectivity index is 1.41. The minimum absolute atomic E-state index is 0.122. The molecule has 5 heteroatoms. The first-order valence-corrected chi connectivity index (χ1v) is 9.07. The number of hydrogen-bond acceptors (Lipinski definition) is 5. The molecule has 5 nitrogen and oxygen atoms in total. The van der Waals surface area contributed by atoms with Crippen molar-refractivity contribution in [2.75, 3.05) is 31.5 Å². The van der Waals surface area contributed by atoms with Gasteiger partial charge in [-0.2, -0.15) is 0 Å². The molecule has 1 aromatic heterocycles. The van der Waals surface area contributed by atoms with Gasteiger partial charge in [0.1, 0.15) is 11.6 Å². The number of nitrogens with zero attached hydrogens (tertiary/aromatic N) is 3. The zero-order valence-electron chi connectivity index (χ0n) is 13.8. The van der Waals surface area contributed by atoms with Gasteiger partial charge in [0.15, 0.2) is 5.78 Å². The molecule has 4 aliphatic rings. The van der Waals surface area contributed by atoms with Crippen molar-refractivity contribution in [1.29, 1.82) is 0 Å². The molecule has 24 heavy (non-hydrogen) atoms. The lowest BCUT2D eigenvalue weighted by molar-refractivity contribution is 0.0467. The molecule has 1 atom stereocenters. The molecule has 124 valence electrons. The van der Waals surface area contributed by atoms with Gasteiger partial charge in [-0.3, -0.25) is 4.79 Å². The van der Waals surface area contributed by atoms with E-state index >= 15 is 0 Å². The van der Waals surface area contributed by atoms with Gasteiger partial charge in [0.05, 0.1) is 17.4 Å². The molecule has 3 fully saturated rings. The molecule has 1 N–H and O–H groups in total. The molecule has 1 aromatic carbocycles. The van der Waals surface area contributed by atoms with Gasteiger partial charge in [-0.15, -0.1) is 0 Å². The van der Waals surface area contributed by atoms with E-state index in [4.69, 9.17) is 9.97 Å². The van der Waals surface area contributed by atoms with Crippen molar-refractivity contribution in [3.05, 3.63) is 29.6 Å². The van der Waals surface area contributed by atoms with Crippen LogP contribution in [0.15, 0.2) is 18.2 Å². The Bertz CT molecular complexity index is 810. The van der Waals surface area contributed by atoms with Crippen molar-refractivity contribution >= 4 is 22.5 Å². The summed E-state index contributed by atoms with van der Waals surface area (Å²) < 4.78 is 0. The van der Waals surface area contributed by atoms with Crippen LogP contribution >= 0.6 is 0 Å². The van der Waals surface area contributed by atoms with Crippen molar-refractivity contribution in [2.24, 2.45) is 11.8 Å². The standard InChI is InChI=1S/C19H22N4O/c24-16-10-20-19-18-14(16)2-1-3-15(18)21-17(22-19)5-4-13-11-23-8-6-12(13)7-9-23/h1-3,12-13H,4-11H2,(H,20,21,22). The van der Waals surface area contributed by atoms with Gasteiger partial charge in [0, 0.05) is 18.5 Å². The molecule has 4 aliphatic heterocycles. The molecule has 0 amide bonds. The molecule has 3 saturated heterocycles. The van der Waals surface area contributed by atoms with Gasteiger partial charge >= 0.3 is 0 Å². The van der Waals surface area contributed by atoms with Gasteiger partial charge < -0.3 is 10.2 Å². The van der Waals surface area contributed by atoms with Crippen molar-refractivity contribution in [3.63, 3.8) is 0 Å².